The molecule has 3 heterocycles. The third-order valence-corrected chi connectivity index (χ3v) is 7.16. The van der Waals surface area contributed by atoms with Crippen molar-refractivity contribution in [2.75, 3.05) is 11.8 Å². The standard InChI is InChI=1S/C23H21N7O5S2/c1-35-20-19(30-37(33,34)18-4-2-3-16(8-18)22(31)32)9-17(13-27-20)21-28-29-23(36-21)26-6-5-14-7-15(10-24)12-25-11-14/h2-9,11-13,30H,10,24H2,1H3,(H,26,29)(H,31,32)/b6-5+. The summed E-state index contributed by atoms with van der Waals surface area (Å²) in [6.07, 6.45) is 8.25. The number of rotatable bonds is 9. The van der Waals surface area contributed by atoms with E-state index >= 15 is 0 Å². The van der Waals surface area contributed by atoms with Gasteiger partial charge in [0.15, 0.2) is 0 Å². The molecule has 12 nitrogen and oxygen atoms in total. The Bertz CT molecular complexity index is 1640. The maximum absolute atomic E-state index is 12.9. The smallest absolute Gasteiger partial charge is 0.335 e. The second kappa shape index (κ2) is 11.1. The second-order valence-electron chi connectivity index (χ2n) is 7.43. The number of H-pyrrole nitrogens is 1. The fourth-order valence-corrected chi connectivity index (χ4v) is 4.92. The number of methoxy groups -OCH3 is 1. The van der Waals surface area contributed by atoms with Gasteiger partial charge in [0.2, 0.25) is 10.7 Å². The number of anilines is 1. The first kappa shape index (κ1) is 25.7. The molecule has 190 valence electrons. The summed E-state index contributed by atoms with van der Waals surface area (Å²) in [6.45, 7) is 0.389. The number of benzene rings is 1. The van der Waals surface area contributed by atoms with E-state index in [0.717, 1.165) is 17.2 Å². The van der Waals surface area contributed by atoms with Crippen molar-refractivity contribution in [3.8, 4) is 16.5 Å². The topological polar surface area (TPSA) is 186 Å². The van der Waals surface area contributed by atoms with Gasteiger partial charge in [0, 0.05) is 36.9 Å². The number of carboxylic acid groups (broad SMARTS) is 1. The summed E-state index contributed by atoms with van der Waals surface area (Å²) in [4.78, 5) is 24.1. The van der Waals surface area contributed by atoms with Crippen LogP contribution >= 0.6 is 11.3 Å². The molecule has 37 heavy (non-hydrogen) atoms. The highest BCUT2D eigenvalue weighted by Crippen LogP contribution is 2.30. The maximum atomic E-state index is 12.9. The monoisotopic (exact) mass is 539 g/mol. The molecule has 0 aliphatic carbocycles. The minimum atomic E-state index is -4.14. The normalized spacial score (nSPS) is 12.1. The maximum Gasteiger partial charge on any atom is 0.335 e. The highest BCUT2D eigenvalue weighted by atomic mass is 32.2. The van der Waals surface area contributed by atoms with Crippen LogP contribution in [0.3, 0.4) is 0 Å². The first-order valence-electron chi connectivity index (χ1n) is 10.6. The molecular weight excluding hydrogens is 518 g/mol. The van der Waals surface area contributed by atoms with Gasteiger partial charge >= 0.3 is 5.97 Å². The number of carbonyl (C=O) groups is 1. The number of nitrogens with two attached hydrogens (primary N) is 1. The predicted octanol–water partition coefficient (Wildman–Crippen LogP) is 2.47. The Morgan fingerprint density at radius 2 is 2.11 bits per heavy atom. The van der Waals surface area contributed by atoms with Crippen molar-refractivity contribution in [2.45, 2.75) is 11.4 Å². The van der Waals surface area contributed by atoms with Gasteiger partial charge in [0.1, 0.15) is 10.7 Å². The van der Waals surface area contributed by atoms with Crippen LogP contribution in [-0.4, -0.2) is 46.8 Å². The molecule has 0 aliphatic rings. The molecule has 1 aromatic carbocycles. The SMILES string of the molecule is COc1ncc(-c2n[nH]/c(=N\C=C\c3cncc(CN)c3)s2)cc1NS(=O)(=O)c1cccc(C(=O)O)c1. The molecule has 4 aromatic rings. The van der Waals surface area contributed by atoms with Crippen molar-refractivity contribution in [3.63, 3.8) is 0 Å². The summed E-state index contributed by atoms with van der Waals surface area (Å²) in [6, 6.07) is 8.42. The van der Waals surface area contributed by atoms with Crippen LogP contribution in [0.2, 0.25) is 0 Å². The van der Waals surface area contributed by atoms with E-state index in [9.17, 15) is 18.3 Å². The second-order valence-corrected chi connectivity index (χ2v) is 10.1. The Balaban J connectivity index is 1.59. The number of ether oxygens (including phenoxy) is 1. The molecule has 0 amide bonds. The average molecular weight is 540 g/mol. The number of carboxylic acids is 1. The summed E-state index contributed by atoms with van der Waals surface area (Å²) < 4.78 is 33.5. The zero-order chi connectivity index (χ0) is 26.4. The first-order chi connectivity index (χ1) is 17.8. The van der Waals surface area contributed by atoms with Gasteiger partial charge in [0.05, 0.1) is 17.6 Å². The first-order valence-corrected chi connectivity index (χ1v) is 12.9. The summed E-state index contributed by atoms with van der Waals surface area (Å²) in [5, 5.41) is 16.7. The van der Waals surface area contributed by atoms with E-state index in [1.165, 1.54) is 48.9 Å². The minimum Gasteiger partial charge on any atom is -0.480 e. The number of pyridine rings is 2. The van der Waals surface area contributed by atoms with E-state index < -0.39 is 16.0 Å². The molecule has 4 rings (SSSR count). The van der Waals surface area contributed by atoms with Gasteiger partial charge in [-0.2, -0.15) is 5.10 Å². The third kappa shape index (κ3) is 6.24. The Labute approximate surface area is 215 Å². The van der Waals surface area contributed by atoms with Gasteiger partial charge in [-0.05, 0) is 47.5 Å². The molecule has 0 atom stereocenters. The van der Waals surface area contributed by atoms with Crippen LogP contribution in [0.5, 0.6) is 5.88 Å². The minimum absolute atomic E-state index is 0.0309. The molecule has 3 aromatic heterocycles. The van der Waals surface area contributed by atoms with E-state index in [2.05, 4.69) is 29.9 Å². The van der Waals surface area contributed by atoms with Gasteiger partial charge in [0.25, 0.3) is 10.0 Å². The predicted molar refractivity (Wildman–Crippen MR) is 137 cm³/mol. The summed E-state index contributed by atoms with van der Waals surface area (Å²) in [5.74, 6) is -1.21. The van der Waals surface area contributed by atoms with Gasteiger partial charge in [-0.25, -0.2) is 23.2 Å². The number of nitrogens with zero attached hydrogens (tertiary/aromatic N) is 4. The average Bonchev–Trinajstić information content (AvgIpc) is 3.37. The van der Waals surface area contributed by atoms with Crippen molar-refractivity contribution in [3.05, 3.63) is 82.7 Å². The summed E-state index contributed by atoms with van der Waals surface area (Å²) in [7, 11) is -2.79. The largest absolute Gasteiger partial charge is 0.480 e. The number of aromatic nitrogens is 4. The Kier molecular flexibility index (Phi) is 7.71. The summed E-state index contributed by atoms with van der Waals surface area (Å²) >= 11 is 1.23. The lowest BCUT2D eigenvalue weighted by Gasteiger charge is -2.12. The van der Waals surface area contributed by atoms with Crippen molar-refractivity contribution in [1.82, 2.24) is 20.2 Å². The van der Waals surface area contributed by atoms with Crippen LogP contribution < -0.4 is 20.0 Å². The molecule has 0 fully saturated rings. The molecule has 0 radical (unpaired) electrons. The van der Waals surface area contributed by atoms with Gasteiger partial charge in [-0.1, -0.05) is 17.4 Å². The third-order valence-electron chi connectivity index (χ3n) is 4.88. The van der Waals surface area contributed by atoms with E-state index in [1.54, 1.807) is 24.7 Å². The lowest BCUT2D eigenvalue weighted by Crippen LogP contribution is -2.15. The van der Waals surface area contributed by atoms with Gasteiger partial charge < -0.3 is 15.6 Å². The fourth-order valence-electron chi connectivity index (χ4n) is 3.12. The molecule has 0 saturated heterocycles. The fraction of sp³-hybridized carbons (Fsp3) is 0.0870. The summed E-state index contributed by atoms with van der Waals surface area (Å²) in [5.41, 5.74) is 7.79. The highest BCUT2D eigenvalue weighted by molar-refractivity contribution is 7.92. The van der Waals surface area contributed by atoms with Crippen LogP contribution in [0.25, 0.3) is 16.6 Å². The van der Waals surface area contributed by atoms with Crippen molar-refractivity contribution in [1.29, 1.82) is 0 Å². The number of hydrogen-bond acceptors (Lipinski definition) is 10. The Morgan fingerprint density at radius 1 is 1.27 bits per heavy atom. The van der Waals surface area contributed by atoms with E-state index in [1.807, 2.05) is 6.07 Å². The number of aromatic amines is 1. The number of sulfonamides is 1. The molecule has 0 bridgehead atoms. The van der Waals surface area contributed by atoms with E-state index in [0.29, 0.717) is 21.9 Å². The molecule has 0 spiro atoms. The molecule has 0 aliphatic heterocycles. The lowest BCUT2D eigenvalue weighted by molar-refractivity contribution is 0.0696. The molecule has 0 unspecified atom stereocenters. The van der Waals surface area contributed by atoms with E-state index in [4.69, 9.17) is 10.5 Å². The van der Waals surface area contributed by atoms with Crippen LogP contribution in [-0.2, 0) is 16.6 Å². The van der Waals surface area contributed by atoms with Crippen LogP contribution in [0.1, 0.15) is 21.5 Å². The highest BCUT2D eigenvalue weighted by Gasteiger charge is 2.20. The van der Waals surface area contributed by atoms with Crippen molar-refractivity contribution < 1.29 is 23.1 Å². The Morgan fingerprint density at radius 3 is 2.86 bits per heavy atom. The number of nitrogens with one attached hydrogen (secondary N) is 2. The van der Waals surface area contributed by atoms with E-state index in [-0.39, 0.29) is 22.0 Å². The van der Waals surface area contributed by atoms with Crippen LogP contribution in [0.4, 0.5) is 5.69 Å². The zero-order valence-corrected chi connectivity index (χ0v) is 21.0. The van der Waals surface area contributed by atoms with Gasteiger partial charge in [-0.3, -0.25) is 14.8 Å². The van der Waals surface area contributed by atoms with Gasteiger partial charge in [-0.15, -0.1) is 0 Å². The molecular formula is C23H21N7O5S2. The van der Waals surface area contributed by atoms with Crippen LogP contribution in [0.15, 0.2) is 71.1 Å². The number of aromatic carboxylic acids is 1. The molecule has 5 N–H and O–H groups in total. The van der Waals surface area contributed by atoms with Crippen molar-refractivity contribution in [2.24, 2.45) is 10.7 Å². The molecule has 0 saturated carbocycles. The van der Waals surface area contributed by atoms with Crippen molar-refractivity contribution >= 4 is 39.1 Å². The zero-order valence-electron chi connectivity index (χ0n) is 19.3. The quantitative estimate of drug-likeness (QED) is 0.248. The Hall–Kier alpha value is -4.40. The lowest BCUT2D eigenvalue weighted by atomic mass is 10.2. The van der Waals surface area contributed by atoms with Crippen LogP contribution in [0, 0.1) is 0 Å². The molecule has 14 heteroatoms. The number of hydrogen-bond donors (Lipinski definition) is 4.